The minimum Gasteiger partial charge on any atom is -0.349 e. The van der Waals surface area contributed by atoms with Crippen LogP contribution < -0.4 is 5.32 Å². The highest BCUT2D eigenvalue weighted by Gasteiger charge is 2.22. The highest BCUT2D eigenvalue weighted by molar-refractivity contribution is 6.31. The van der Waals surface area contributed by atoms with Gasteiger partial charge in [0.15, 0.2) is 0 Å². The minimum atomic E-state index is -0.114. The van der Waals surface area contributed by atoms with Crippen LogP contribution in [0.2, 0.25) is 5.02 Å². The van der Waals surface area contributed by atoms with Crippen LogP contribution in [-0.4, -0.2) is 40.0 Å². The van der Waals surface area contributed by atoms with Gasteiger partial charge in [0, 0.05) is 18.6 Å². The standard InChI is InChI=1S/C18H25ClN4O/c1-5-23(6-2)16(14-9-7-8-10-15(14)19)11-20-18(24)17-13(3)21-12-22(17)4/h7-10,12,16H,5-6,11H2,1-4H3,(H,20,24)/t16-/m0/s1. The molecule has 1 heterocycles. The molecule has 24 heavy (non-hydrogen) atoms. The lowest BCUT2D eigenvalue weighted by atomic mass is 10.0. The molecule has 1 atom stereocenters. The van der Waals surface area contributed by atoms with Crippen LogP contribution in [0.4, 0.5) is 0 Å². The second-order valence-electron chi connectivity index (χ2n) is 5.76. The van der Waals surface area contributed by atoms with E-state index in [1.807, 2.05) is 38.2 Å². The van der Waals surface area contributed by atoms with Gasteiger partial charge in [-0.1, -0.05) is 43.6 Å². The molecule has 0 bridgehead atoms. The predicted octanol–water partition coefficient (Wildman–Crippen LogP) is 3.19. The van der Waals surface area contributed by atoms with E-state index in [1.54, 1.807) is 10.9 Å². The topological polar surface area (TPSA) is 50.2 Å². The first kappa shape index (κ1) is 18.5. The van der Waals surface area contributed by atoms with E-state index in [9.17, 15) is 4.79 Å². The van der Waals surface area contributed by atoms with Crippen molar-refractivity contribution in [2.45, 2.75) is 26.8 Å². The van der Waals surface area contributed by atoms with Crippen molar-refractivity contribution in [2.75, 3.05) is 19.6 Å². The van der Waals surface area contributed by atoms with Crippen molar-refractivity contribution in [3.8, 4) is 0 Å². The summed E-state index contributed by atoms with van der Waals surface area (Å²) in [7, 11) is 1.82. The zero-order chi connectivity index (χ0) is 17.7. The Morgan fingerprint density at radius 3 is 2.54 bits per heavy atom. The number of carbonyl (C=O) groups excluding carboxylic acids is 1. The van der Waals surface area contributed by atoms with Crippen LogP contribution >= 0.6 is 11.6 Å². The summed E-state index contributed by atoms with van der Waals surface area (Å²) in [5, 5.41) is 3.76. The molecule has 0 aliphatic rings. The first-order chi connectivity index (χ1) is 11.5. The average Bonchev–Trinajstić information content (AvgIpc) is 2.91. The zero-order valence-electron chi connectivity index (χ0n) is 14.7. The lowest BCUT2D eigenvalue weighted by Gasteiger charge is -2.31. The summed E-state index contributed by atoms with van der Waals surface area (Å²) in [6.07, 6.45) is 1.65. The molecule has 1 aromatic heterocycles. The molecule has 5 nitrogen and oxygen atoms in total. The van der Waals surface area contributed by atoms with Crippen LogP contribution in [0.3, 0.4) is 0 Å². The molecule has 2 rings (SSSR count). The van der Waals surface area contributed by atoms with Gasteiger partial charge in [0.05, 0.1) is 18.1 Å². The van der Waals surface area contributed by atoms with Gasteiger partial charge >= 0.3 is 0 Å². The molecule has 0 aliphatic heterocycles. The Kier molecular flexibility index (Phi) is 6.40. The van der Waals surface area contributed by atoms with Gasteiger partial charge in [0.2, 0.25) is 0 Å². The second-order valence-corrected chi connectivity index (χ2v) is 6.17. The van der Waals surface area contributed by atoms with E-state index >= 15 is 0 Å². The number of aryl methyl sites for hydroxylation is 2. The second kappa shape index (κ2) is 8.31. The molecular weight excluding hydrogens is 324 g/mol. The maximum atomic E-state index is 12.5. The van der Waals surface area contributed by atoms with E-state index in [2.05, 4.69) is 29.0 Å². The SMILES string of the molecule is CCN(CC)[C@@H](CNC(=O)c1c(C)ncn1C)c1ccccc1Cl. The van der Waals surface area contributed by atoms with Crippen molar-refractivity contribution < 1.29 is 4.79 Å². The number of nitrogens with one attached hydrogen (secondary N) is 1. The largest absolute Gasteiger partial charge is 0.349 e. The Morgan fingerprint density at radius 1 is 1.33 bits per heavy atom. The molecule has 2 aromatic rings. The predicted molar refractivity (Wildman–Crippen MR) is 97.4 cm³/mol. The van der Waals surface area contributed by atoms with E-state index in [1.165, 1.54) is 0 Å². The lowest BCUT2D eigenvalue weighted by molar-refractivity contribution is 0.0926. The Labute approximate surface area is 148 Å². The summed E-state index contributed by atoms with van der Waals surface area (Å²) in [5.74, 6) is -0.114. The molecule has 1 N–H and O–H groups in total. The number of likely N-dealkylation sites (N-methyl/N-ethyl adjacent to an activating group) is 1. The normalized spacial score (nSPS) is 12.4. The maximum absolute atomic E-state index is 12.5. The van der Waals surface area contributed by atoms with Gasteiger partial charge in [0.1, 0.15) is 5.69 Å². The summed E-state index contributed by atoms with van der Waals surface area (Å²) >= 11 is 6.39. The summed E-state index contributed by atoms with van der Waals surface area (Å²) in [5.41, 5.74) is 2.35. The van der Waals surface area contributed by atoms with E-state index in [0.717, 1.165) is 29.4 Å². The molecule has 0 saturated heterocycles. The molecule has 0 unspecified atom stereocenters. The summed E-state index contributed by atoms with van der Waals surface area (Å²) in [6.45, 7) is 8.32. The molecule has 0 aliphatic carbocycles. The number of rotatable bonds is 7. The van der Waals surface area contributed by atoms with Crippen molar-refractivity contribution in [3.63, 3.8) is 0 Å². The fourth-order valence-electron chi connectivity index (χ4n) is 2.99. The number of halogens is 1. The number of carbonyl (C=O) groups is 1. The third-order valence-corrected chi connectivity index (χ3v) is 4.65. The maximum Gasteiger partial charge on any atom is 0.269 e. The van der Waals surface area contributed by atoms with Gasteiger partial charge in [0.25, 0.3) is 5.91 Å². The van der Waals surface area contributed by atoms with Crippen molar-refractivity contribution in [1.82, 2.24) is 19.8 Å². The molecular formula is C18H25ClN4O. The van der Waals surface area contributed by atoms with Crippen LogP contribution in [0.1, 0.15) is 41.6 Å². The van der Waals surface area contributed by atoms with E-state index in [0.29, 0.717) is 12.2 Å². The molecule has 6 heteroatoms. The van der Waals surface area contributed by atoms with Crippen molar-refractivity contribution in [1.29, 1.82) is 0 Å². The number of nitrogens with zero attached hydrogens (tertiary/aromatic N) is 3. The fraction of sp³-hybridized carbons (Fsp3) is 0.444. The van der Waals surface area contributed by atoms with E-state index < -0.39 is 0 Å². The lowest BCUT2D eigenvalue weighted by Crippen LogP contribution is -2.38. The molecule has 1 aromatic carbocycles. The third kappa shape index (κ3) is 3.97. The van der Waals surface area contributed by atoms with Crippen LogP contribution in [-0.2, 0) is 7.05 Å². The van der Waals surface area contributed by atoms with Crippen LogP contribution in [0, 0.1) is 6.92 Å². The number of hydrogen-bond acceptors (Lipinski definition) is 3. The smallest absolute Gasteiger partial charge is 0.269 e. The number of benzene rings is 1. The molecule has 0 radical (unpaired) electrons. The van der Waals surface area contributed by atoms with Crippen molar-refractivity contribution >= 4 is 17.5 Å². The first-order valence-corrected chi connectivity index (χ1v) is 8.61. The molecule has 1 amide bonds. The van der Waals surface area contributed by atoms with Crippen molar-refractivity contribution in [2.24, 2.45) is 7.05 Å². The van der Waals surface area contributed by atoms with E-state index in [-0.39, 0.29) is 11.9 Å². The average molecular weight is 349 g/mol. The monoisotopic (exact) mass is 348 g/mol. The first-order valence-electron chi connectivity index (χ1n) is 8.24. The highest BCUT2D eigenvalue weighted by Crippen LogP contribution is 2.27. The van der Waals surface area contributed by atoms with Gasteiger partial charge in [-0.25, -0.2) is 4.98 Å². The van der Waals surface area contributed by atoms with Gasteiger partial charge < -0.3 is 9.88 Å². The Balaban J connectivity index is 2.20. The number of amides is 1. The third-order valence-electron chi connectivity index (χ3n) is 4.31. The minimum absolute atomic E-state index is 0.0335. The molecule has 130 valence electrons. The van der Waals surface area contributed by atoms with Crippen LogP contribution in [0.25, 0.3) is 0 Å². The van der Waals surface area contributed by atoms with Gasteiger partial charge in [-0.3, -0.25) is 9.69 Å². The Morgan fingerprint density at radius 2 is 2.00 bits per heavy atom. The van der Waals surface area contributed by atoms with Crippen LogP contribution in [0.15, 0.2) is 30.6 Å². The number of aromatic nitrogens is 2. The number of hydrogen-bond donors (Lipinski definition) is 1. The molecule has 0 fully saturated rings. The summed E-state index contributed by atoms with van der Waals surface area (Å²) in [6, 6.07) is 7.84. The van der Waals surface area contributed by atoms with Crippen molar-refractivity contribution in [3.05, 3.63) is 52.6 Å². The zero-order valence-corrected chi connectivity index (χ0v) is 15.5. The van der Waals surface area contributed by atoms with Gasteiger partial charge in [-0.2, -0.15) is 0 Å². The van der Waals surface area contributed by atoms with E-state index in [4.69, 9.17) is 11.6 Å². The summed E-state index contributed by atoms with van der Waals surface area (Å²) in [4.78, 5) is 19.0. The van der Waals surface area contributed by atoms with Gasteiger partial charge in [-0.05, 0) is 31.6 Å². The number of imidazole rings is 1. The molecule has 0 spiro atoms. The Hall–Kier alpha value is -1.85. The van der Waals surface area contributed by atoms with Gasteiger partial charge in [-0.15, -0.1) is 0 Å². The molecule has 0 saturated carbocycles. The Bertz CT molecular complexity index is 675. The quantitative estimate of drug-likeness (QED) is 0.836. The van der Waals surface area contributed by atoms with Crippen LogP contribution in [0.5, 0.6) is 0 Å². The fourth-order valence-corrected chi connectivity index (χ4v) is 3.25. The summed E-state index contributed by atoms with van der Waals surface area (Å²) < 4.78 is 1.74. The highest BCUT2D eigenvalue weighted by atomic mass is 35.5.